The molecule has 0 bridgehead atoms. The van der Waals surface area contributed by atoms with Gasteiger partial charge < -0.3 is 4.90 Å². The van der Waals surface area contributed by atoms with Crippen LogP contribution in [0.25, 0.3) is 23.1 Å². The molecule has 0 aliphatic heterocycles. The van der Waals surface area contributed by atoms with Crippen LogP contribution in [0.5, 0.6) is 0 Å². The van der Waals surface area contributed by atoms with E-state index in [0.29, 0.717) is 0 Å². The number of fused-ring (bicyclic) bond motifs is 1. The molecule has 0 saturated heterocycles. The highest BCUT2D eigenvalue weighted by molar-refractivity contribution is 5.84. The molecule has 0 radical (unpaired) electrons. The van der Waals surface area contributed by atoms with Crippen molar-refractivity contribution in [3.63, 3.8) is 0 Å². The van der Waals surface area contributed by atoms with Gasteiger partial charge in [0.1, 0.15) is 0 Å². The molecule has 2 heteroatoms. The predicted molar refractivity (Wildman–Crippen MR) is 105 cm³/mol. The second kappa shape index (κ2) is 7.31. The summed E-state index contributed by atoms with van der Waals surface area (Å²) < 4.78 is 0. The Morgan fingerprint density at radius 2 is 1.62 bits per heavy atom. The predicted octanol–water partition coefficient (Wildman–Crippen LogP) is 5.56. The van der Waals surface area contributed by atoms with Crippen molar-refractivity contribution >= 4 is 28.7 Å². The van der Waals surface area contributed by atoms with Gasteiger partial charge in [0.2, 0.25) is 0 Å². The van der Waals surface area contributed by atoms with Crippen LogP contribution in [0.15, 0.2) is 54.6 Å². The summed E-state index contributed by atoms with van der Waals surface area (Å²) in [5, 5.41) is 1.22. The Bertz CT molecular complexity index is 843. The molecule has 0 saturated carbocycles. The Hall–Kier alpha value is -2.61. The fourth-order valence-corrected chi connectivity index (χ4v) is 3.03. The first-order valence-corrected chi connectivity index (χ1v) is 8.60. The van der Waals surface area contributed by atoms with Crippen molar-refractivity contribution in [2.75, 3.05) is 18.0 Å². The molecule has 1 heterocycles. The highest BCUT2D eigenvalue weighted by Gasteiger charge is 2.01. The van der Waals surface area contributed by atoms with Crippen molar-refractivity contribution in [2.45, 2.75) is 20.8 Å². The summed E-state index contributed by atoms with van der Waals surface area (Å²) in [7, 11) is 0. The molecule has 0 unspecified atom stereocenters. The zero-order valence-electron chi connectivity index (χ0n) is 14.7. The van der Waals surface area contributed by atoms with Gasteiger partial charge >= 0.3 is 0 Å². The smallest absolute Gasteiger partial charge is 0.0711 e. The number of rotatable bonds is 5. The molecule has 1 aromatic heterocycles. The van der Waals surface area contributed by atoms with Crippen LogP contribution in [-0.2, 0) is 0 Å². The lowest BCUT2D eigenvalue weighted by Gasteiger charge is -2.20. The van der Waals surface area contributed by atoms with E-state index in [-0.39, 0.29) is 0 Å². The van der Waals surface area contributed by atoms with Crippen LogP contribution in [0.2, 0.25) is 0 Å². The van der Waals surface area contributed by atoms with E-state index in [9.17, 15) is 0 Å². The number of para-hydroxylation sites is 1. The van der Waals surface area contributed by atoms with Crippen LogP contribution in [0, 0.1) is 6.92 Å². The topological polar surface area (TPSA) is 16.1 Å². The largest absolute Gasteiger partial charge is 0.372 e. The summed E-state index contributed by atoms with van der Waals surface area (Å²) in [4.78, 5) is 7.08. The molecule has 122 valence electrons. The second-order valence-electron chi connectivity index (χ2n) is 5.98. The Morgan fingerprint density at radius 3 is 2.33 bits per heavy atom. The summed E-state index contributed by atoms with van der Waals surface area (Å²) in [6.45, 7) is 8.58. The van der Waals surface area contributed by atoms with E-state index in [1.165, 1.54) is 22.2 Å². The highest BCUT2D eigenvalue weighted by Crippen LogP contribution is 2.20. The minimum Gasteiger partial charge on any atom is -0.372 e. The van der Waals surface area contributed by atoms with E-state index in [4.69, 9.17) is 4.98 Å². The Balaban J connectivity index is 1.83. The summed E-state index contributed by atoms with van der Waals surface area (Å²) in [5.41, 5.74) is 5.78. The maximum absolute atomic E-state index is 4.73. The van der Waals surface area contributed by atoms with E-state index < -0.39 is 0 Å². The molecule has 0 N–H and O–H groups in total. The van der Waals surface area contributed by atoms with Crippen molar-refractivity contribution in [2.24, 2.45) is 0 Å². The lowest BCUT2D eigenvalue weighted by molar-refractivity contribution is 0.866. The van der Waals surface area contributed by atoms with Gasteiger partial charge in [0.25, 0.3) is 0 Å². The van der Waals surface area contributed by atoms with Crippen LogP contribution in [0.3, 0.4) is 0 Å². The summed E-state index contributed by atoms with van der Waals surface area (Å²) >= 11 is 0. The Morgan fingerprint density at radius 1 is 0.917 bits per heavy atom. The normalized spacial score (nSPS) is 11.3. The summed E-state index contributed by atoms with van der Waals surface area (Å²) in [6.07, 6.45) is 4.22. The van der Waals surface area contributed by atoms with Crippen LogP contribution < -0.4 is 4.90 Å². The SMILES string of the molecule is CCN(CC)c1ccc(C=Cc2cc(C)c3ccccc3n2)cc1. The quantitative estimate of drug-likeness (QED) is 0.612. The molecule has 0 aliphatic carbocycles. The molecule has 0 atom stereocenters. The van der Waals surface area contributed by atoms with Crippen LogP contribution in [0.4, 0.5) is 5.69 Å². The van der Waals surface area contributed by atoms with E-state index in [2.05, 4.69) is 86.4 Å². The van der Waals surface area contributed by atoms with Gasteiger partial charge in [-0.2, -0.15) is 0 Å². The average Bonchev–Trinajstić information content (AvgIpc) is 2.62. The van der Waals surface area contributed by atoms with E-state index in [1.807, 2.05) is 6.07 Å². The molecule has 0 amide bonds. The second-order valence-corrected chi connectivity index (χ2v) is 5.98. The van der Waals surface area contributed by atoms with Crippen molar-refractivity contribution in [1.82, 2.24) is 4.98 Å². The number of aromatic nitrogens is 1. The van der Waals surface area contributed by atoms with Gasteiger partial charge in [-0.15, -0.1) is 0 Å². The van der Waals surface area contributed by atoms with Crippen LogP contribution in [0.1, 0.15) is 30.7 Å². The fourth-order valence-electron chi connectivity index (χ4n) is 3.03. The minimum atomic E-state index is 0.999. The summed E-state index contributed by atoms with van der Waals surface area (Å²) in [5.74, 6) is 0. The van der Waals surface area contributed by atoms with Gasteiger partial charge in [-0.1, -0.05) is 36.4 Å². The number of anilines is 1. The number of aryl methyl sites for hydroxylation is 1. The number of benzene rings is 2. The van der Waals surface area contributed by atoms with Crippen molar-refractivity contribution in [3.05, 3.63) is 71.4 Å². The molecule has 0 fully saturated rings. The maximum Gasteiger partial charge on any atom is 0.0711 e. The van der Waals surface area contributed by atoms with Gasteiger partial charge in [0.15, 0.2) is 0 Å². The maximum atomic E-state index is 4.73. The molecule has 0 aliphatic rings. The van der Waals surface area contributed by atoms with E-state index in [0.717, 1.165) is 24.3 Å². The van der Waals surface area contributed by atoms with E-state index in [1.54, 1.807) is 0 Å². The van der Waals surface area contributed by atoms with Gasteiger partial charge in [-0.05, 0) is 62.2 Å². The Kier molecular flexibility index (Phi) is 4.95. The zero-order valence-corrected chi connectivity index (χ0v) is 14.7. The van der Waals surface area contributed by atoms with Gasteiger partial charge in [-0.3, -0.25) is 0 Å². The van der Waals surface area contributed by atoms with Gasteiger partial charge in [0, 0.05) is 24.2 Å². The monoisotopic (exact) mass is 316 g/mol. The molecule has 2 aromatic carbocycles. The molecule has 0 spiro atoms. The van der Waals surface area contributed by atoms with Crippen LogP contribution in [-0.4, -0.2) is 18.1 Å². The number of nitrogens with zero attached hydrogens (tertiary/aromatic N) is 2. The number of pyridine rings is 1. The Labute approximate surface area is 144 Å². The van der Waals surface area contributed by atoms with Crippen molar-refractivity contribution < 1.29 is 0 Å². The van der Waals surface area contributed by atoms with Crippen molar-refractivity contribution in [1.29, 1.82) is 0 Å². The minimum absolute atomic E-state index is 0.999. The third-order valence-electron chi connectivity index (χ3n) is 4.41. The van der Waals surface area contributed by atoms with Gasteiger partial charge in [0.05, 0.1) is 11.2 Å². The lowest BCUT2D eigenvalue weighted by Crippen LogP contribution is -2.21. The third kappa shape index (κ3) is 3.48. The zero-order chi connectivity index (χ0) is 16.9. The molecular formula is C22H24N2. The average molecular weight is 316 g/mol. The first-order valence-electron chi connectivity index (χ1n) is 8.60. The first-order chi connectivity index (χ1) is 11.7. The molecule has 24 heavy (non-hydrogen) atoms. The van der Waals surface area contributed by atoms with Crippen molar-refractivity contribution in [3.8, 4) is 0 Å². The lowest BCUT2D eigenvalue weighted by atomic mass is 10.1. The number of hydrogen-bond acceptors (Lipinski definition) is 2. The highest BCUT2D eigenvalue weighted by atomic mass is 15.1. The first kappa shape index (κ1) is 16.3. The number of hydrogen-bond donors (Lipinski definition) is 0. The third-order valence-corrected chi connectivity index (χ3v) is 4.41. The standard InChI is InChI=1S/C22H24N2/c1-4-24(5-2)20-14-11-18(12-15-20)10-13-19-16-17(3)21-8-6-7-9-22(21)23-19/h6-16H,4-5H2,1-3H3. The molecule has 3 aromatic rings. The van der Waals surface area contributed by atoms with E-state index >= 15 is 0 Å². The molecule has 2 nitrogen and oxygen atoms in total. The summed E-state index contributed by atoms with van der Waals surface area (Å²) in [6, 6.07) is 19.1. The van der Waals surface area contributed by atoms with Crippen LogP contribution >= 0.6 is 0 Å². The molecular weight excluding hydrogens is 292 g/mol. The van der Waals surface area contributed by atoms with Gasteiger partial charge in [-0.25, -0.2) is 4.98 Å². The molecule has 3 rings (SSSR count). The fraction of sp³-hybridized carbons (Fsp3) is 0.227.